The maximum absolute atomic E-state index is 5.63. The summed E-state index contributed by atoms with van der Waals surface area (Å²) in [6, 6.07) is 7.97. The highest BCUT2D eigenvalue weighted by Gasteiger charge is 2.16. The van der Waals surface area contributed by atoms with E-state index in [-0.39, 0.29) is 6.04 Å². The van der Waals surface area contributed by atoms with Crippen LogP contribution >= 0.6 is 11.3 Å². The van der Waals surface area contributed by atoms with Crippen LogP contribution in [-0.2, 0) is 6.42 Å². The van der Waals surface area contributed by atoms with Crippen molar-refractivity contribution in [1.82, 2.24) is 20.4 Å². The first kappa shape index (κ1) is 13.1. The van der Waals surface area contributed by atoms with Gasteiger partial charge in [0.15, 0.2) is 0 Å². The topological polar surface area (TPSA) is 76.7 Å². The third kappa shape index (κ3) is 2.67. The van der Waals surface area contributed by atoms with E-state index in [1.165, 1.54) is 4.70 Å². The van der Waals surface area contributed by atoms with Gasteiger partial charge >= 0.3 is 0 Å². The fraction of sp³-hybridized carbons (Fsp3) is 0.214. The molecule has 0 radical (unpaired) electrons. The number of nitrogens with two attached hydrogens (primary N) is 1. The molecular formula is C14H15N5S. The Morgan fingerprint density at radius 2 is 2.00 bits per heavy atom. The number of para-hydroxylation sites is 1. The second-order valence-corrected chi connectivity index (χ2v) is 5.73. The molecule has 0 saturated heterocycles. The third-order valence-electron chi connectivity index (χ3n) is 3.03. The maximum Gasteiger partial charge on any atom is 0.146 e. The van der Waals surface area contributed by atoms with E-state index in [0.29, 0.717) is 12.2 Å². The number of aryl methyl sites for hydroxylation is 1. The summed E-state index contributed by atoms with van der Waals surface area (Å²) in [4.78, 5) is 13.3. The Balaban J connectivity index is 1.85. The number of fused-ring (bicyclic) bond motifs is 1. The Kier molecular flexibility index (Phi) is 3.68. The summed E-state index contributed by atoms with van der Waals surface area (Å²) in [7, 11) is 0. The van der Waals surface area contributed by atoms with Gasteiger partial charge in [-0.15, -0.1) is 11.3 Å². The van der Waals surface area contributed by atoms with Crippen molar-refractivity contribution >= 4 is 21.6 Å². The van der Waals surface area contributed by atoms with Crippen molar-refractivity contribution in [2.75, 3.05) is 0 Å². The predicted octanol–water partition coefficient (Wildman–Crippen LogP) is 2.14. The molecule has 0 aliphatic rings. The Morgan fingerprint density at radius 1 is 1.25 bits per heavy atom. The average molecular weight is 285 g/mol. The summed E-state index contributed by atoms with van der Waals surface area (Å²) in [5.41, 5.74) is 4.83. The van der Waals surface area contributed by atoms with Crippen molar-refractivity contribution in [1.29, 1.82) is 0 Å². The number of nitrogens with one attached hydrogen (secondary N) is 1. The number of hydrogen-bond donors (Lipinski definition) is 2. The van der Waals surface area contributed by atoms with Crippen molar-refractivity contribution < 1.29 is 0 Å². The molecule has 3 rings (SSSR count). The first-order chi connectivity index (χ1) is 9.76. The Labute approximate surface area is 120 Å². The summed E-state index contributed by atoms with van der Waals surface area (Å²) >= 11 is 1.68. The van der Waals surface area contributed by atoms with E-state index >= 15 is 0 Å². The lowest BCUT2D eigenvalue weighted by Crippen LogP contribution is -2.31. The highest BCUT2D eigenvalue weighted by Crippen LogP contribution is 2.24. The first-order valence-corrected chi connectivity index (χ1v) is 7.17. The van der Waals surface area contributed by atoms with Crippen LogP contribution < -0.4 is 11.3 Å². The summed E-state index contributed by atoms with van der Waals surface area (Å²) in [6.45, 7) is 1.96. The molecule has 0 saturated carbocycles. The van der Waals surface area contributed by atoms with Gasteiger partial charge in [-0.25, -0.2) is 20.4 Å². The smallest absolute Gasteiger partial charge is 0.146 e. The molecule has 0 amide bonds. The highest BCUT2D eigenvalue weighted by molar-refractivity contribution is 7.18. The third-order valence-corrected chi connectivity index (χ3v) is 4.09. The largest absolute Gasteiger partial charge is 0.271 e. The van der Waals surface area contributed by atoms with Crippen molar-refractivity contribution in [2.45, 2.75) is 19.4 Å². The molecule has 2 aromatic heterocycles. The van der Waals surface area contributed by atoms with Crippen LogP contribution in [0.15, 0.2) is 36.7 Å². The molecule has 2 heterocycles. The molecule has 5 nitrogen and oxygen atoms in total. The van der Waals surface area contributed by atoms with Crippen molar-refractivity contribution in [3.63, 3.8) is 0 Å². The highest BCUT2D eigenvalue weighted by atomic mass is 32.1. The van der Waals surface area contributed by atoms with E-state index in [1.807, 2.05) is 25.1 Å². The van der Waals surface area contributed by atoms with E-state index in [2.05, 4.69) is 26.4 Å². The van der Waals surface area contributed by atoms with Crippen LogP contribution in [0.2, 0.25) is 0 Å². The van der Waals surface area contributed by atoms with E-state index < -0.39 is 0 Å². The quantitative estimate of drug-likeness (QED) is 0.567. The minimum Gasteiger partial charge on any atom is -0.271 e. The Bertz CT molecular complexity index is 674. The maximum atomic E-state index is 5.63. The van der Waals surface area contributed by atoms with Gasteiger partial charge in [0, 0.05) is 18.8 Å². The number of thiazole rings is 1. The van der Waals surface area contributed by atoms with Gasteiger partial charge in [-0.05, 0) is 24.6 Å². The molecule has 1 aromatic carbocycles. The van der Waals surface area contributed by atoms with Gasteiger partial charge in [-0.3, -0.25) is 5.84 Å². The van der Waals surface area contributed by atoms with Gasteiger partial charge in [0.1, 0.15) is 5.82 Å². The Morgan fingerprint density at radius 3 is 2.70 bits per heavy atom. The van der Waals surface area contributed by atoms with E-state index in [9.17, 15) is 0 Å². The van der Waals surface area contributed by atoms with E-state index in [0.717, 1.165) is 16.1 Å². The summed E-state index contributed by atoms with van der Waals surface area (Å²) < 4.78 is 1.18. The standard InChI is InChI=1S/C14H15N5S/c1-9-7-16-14(17-8-9)11(19-15)6-13-18-10-4-2-3-5-12(10)20-13/h2-5,7-8,11,19H,6,15H2,1H3. The van der Waals surface area contributed by atoms with Gasteiger partial charge in [0.25, 0.3) is 0 Å². The summed E-state index contributed by atoms with van der Waals surface area (Å²) in [5, 5.41) is 1.03. The molecular weight excluding hydrogens is 270 g/mol. The molecule has 0 aliphatic heterocycles. The molecule has 20 heavy (non-hydrogen) atoms. The molecule has 3 aromatic rings. The molecule has 102 valence electrons. The lowest BCUT2D eigenvalue weighted by atomic mass is 10.2. The second-order valence-electron chi connectivity index (χ2n) is 4.62. The number of aromatic nitrogens is 3. The first-order valence-electron chi connectivity index (χ1n) is 6.35. The number of rotatable bonds is 4. The Hall–Kier alpha value is -1.89. The fourth-order valence-corrected chi connectivity index (χ4v) is 3.00. The monoisotopic (exact) mass is 285 g/mol. The second kappa shape index (κ2) is 5.62. The predicted molar refractivity (Wildman–Crippen MR) is 80.2 cm³/mol. The SMILES string of the molecule is Cc1cnc(C(Cc2nc3ccccc3s2)NN)nc1. The zero-order valence-electron chi connectivity index (χ0n) is 11.1. The van der Waals surface area contributed by atoms with Crippen LogP contribution in [0.5, 0.6) is 0 Å². The van der Waals surface area contributed by atoms with Crippen LogP contribution in [0.25, 0.3) is 10.2 Å². The number of hydrogen-bond acceptors (Lipinski definition) is 6. The summed E-state index contributed by atoms with van der Waals surface area (Å²) in [5.74, 6) is 6.32. The lowest BCUT2D eigenvalue weighted by molar-refractivity contribution is 0.521. The van der Waals surface area contributed by atoms with Crippen LogP contribution in [0, 0.1) is 6.92 Å². The molecule has 0 spiro atoms. The van der Waals surface area contributed by atoms with Crippen molar-refractivity contribution in [2.24, 2.45) is 5.84 Å². The molecule has 1 unspecified atom stereocenters. The van der Waals surface area contributed by atoms with Crippen LogP contribution in [0.4, 0.5) is 0 Å². The molecule has 1 atom stereocenters. The van der Waals surface area contributed by atoms with Gasteiger partial charge in [0.2, 0.25) is 0 Å². The van der Waals surface area contributed by atoms with Gasteiger partial charge in [-0.2, -0.15) is 0 Å². The van der Waals surface area contributed by atoms with Crippen LogP contribution in [0.3, 0.4) is 0 Å². The van der Waals surface area contributed by atoms with Crippen LogP contribution in [0.1, 0.15) is 22.4 Å². The number of nitrogens with zero attached hydrogens (tertiary/aromatic N) is 3. The molecule has 0 aliphatic carbocycles. The molecule has 3 N–H and O–H groups in total. The minimum atomic E-state index is -0.129. The lowest BCUT2D eigenvalue weighted by Gasteiger charge is -2.12. The molecule has 6 heteroatoms. The summed E-state index contributed by atoms with van der Waals surface area (Å²) in [6.07, 6.45) is 4.27. The van der Waals surface area contributed by atoms with E-state index in [1.54, 1.807) is 23.7 Å². The fourth-order valence-electron chi connectivity index (χ4n) is 1.99. The zero-order valence-corrected chi connectivity index (χ0v) is 11.9. The number of hydrazine groups is 1. The normalized spacial score (nSPS) is 12.7. The van der Waals surface area contributed by atoms with Gasteiger partial charge in [-0.1, -0.05) is 12.1 Å². The van der Waals surface area contributed by atoms with E-state index in [4.69, 9.17) is 5.84 Å². The average Bonchev–Trinajstić information content (AvgIpc) is 2.88. The van der Waals surface area contributed by atoms with Crippen LogP contribution in [-0.4, -0.2) is 15.0 Å². The minimum absolute atomic E-state index is 0.129. The van der Waals surface area contributed by atoms with Crippen molar-refractivity contribution in [3.8, 4) is 0 Å². The molecule has 0 bridgehead atoms. The van der Waals surface area contributed by atoms with Gasteiger partial charge in [0.05, 0.1) is 21.3 Å². The van der Waals surface area contributed by atoms with Crippen molar-refractivity contribution in [3.05, 3.63) is 53.1 Å². The molecule has 0 fully saturated rings. The van der Waals surface area contributed by atoms with Gasteiger partial charge < -0.3 is 0 Å². The number of benzene rings is 1. The zero-order chi connectivity index (χ0) is 13.9.